The largest absolute Gasteiger partial charge is 0.336 e. The van der Waals surface area contributed by atoms with Crippen molar-refractivity contribution in [3.8, 4) is 0 Å². The monoisotopic (exact) mass is 421 g/mol. The number of halogens is 4. The molecule has 8 heteroatoms. The van der Waals surface area contributed by atoms with Crippen molar-refractivity contribution < 1.29 is 13.6 Å². The molecule has 1 aromatic carbocycles. The summed E-state index contributed by atoms with van der Waals surface area (Å²) in [6.45, 7) is 5.91. The van der Waals surface area contributed by atoms with Crippen LogP contribution in [0.25, 0.3) is 0 Å². The third-order valence-corrected chi connectivity index (χ3v) is 6.12. The molecule has 2 N–H and O–H groups in total. The second kappa shape index (κ2) is 7.82. The number of likely N-dealkylation sites (tertiary alicyclic amines) is 1. The van der Waals surface area contributed by atoms with Crippen molar-refractivity contribution in [1.29, 1.82) is 0 Å². The highest BCUT2D eigenvalue weighted by molar-refractivity contribution is 5.86. The molecule has 4 aliphatic heterocycles. The molecule has 3 atom stereocenters. The molecule has 4 heterocycles. The van der Waals surface area contributed by atoms with Gasteiger partial charge < -0.3 is 10.6 Å². The quantitative estimate of drug-likeness (QED) is 0.798. The summed E-state index contributed by atoms with van der Waals surface area (Å²) < 4.78 is 27.6. The maximum atomic E-state index is 13.8. The first-order valence-electron chi connectivity index (χ1n) is 9.05. The van der Waals surface area contributed by atoms with E-state index in [1.807, 2.05) is 4.90 Å². The van der Waals surface area contributed by atoms with Crippen LogP contribution < -0.4 is 5.73 Å². The third kappa shape index (κ3) is 3.82. The molecule has 2 bridgehead atoms. The first-order chi connectivity index (χ1) is 11.8. The summed E-state index contributed by atoms with van der Waals surface area (Å²) in [4.78, 5) is 17.2. The fourth-order valence-corrected chi connectivity index (χ4v) is 5.11. The molecule has 0 aliphatic carbocycles. The van der Waals surface area contributed by atoms with E-state index in [-0.39, 0.29) is 48.7 Å². The SMILES string of the molecule is CC(C)(N)C(=O)N1C[C@@H](c2cc(F)cc(F)c2)[C@@H]2[C@H]1C1CCN2CC1.Cl.Cl. The molecule has 0 spiro atoms. The molecule has 4 aliphatic rings. The van der Waals surface area contributed by atoms with Gasteiger partial charge in [0.2, 0.25) is 5.91 Å². The number of benzene rings is 1. The second-order valence-electron chi connectivity index (χ2n) is 8.34. The van der Waals surface area contributed by atoms with Gasteiger partial charge in [0.15, 0.2) is 0 Å². The van der Waals surface area contributed by atoms with E-state index in [1.54, 1.807) is 13.8 Å². The van der Waals surface area contributed by atoms with Gasteiger partial charge in [-0.2, -0.15) is 0 Å². The van der Waals surface area contributed by atoms with E-state index < -0.39 is 17.2 Å². The lowest BCUT2D eigenvalue weighted by Crippen LogP contribution is -2.63. The smallest absolute Gasteiger partial charge is 0.242 e. The van der Waals surface area contributed by atoms with E-state index in [0.29, 0.717) is 18.0 Å². The lowest BCUT2D eigenvalue weighted by Gasteiger charge is -2.51. The van der Waals surface area contributed by atoms with Crippen molar-refractivity contribution in [2.75, 3.05) is 19.6 Å². The number of carbonyl (C=O) groups is 1. The molecule has 5 rings (SSSR count). The van der Waals surface area contributed by atoms with Crippen molar-refractivity contribution in [2.24, 2.45) is 11.7 Å². The lowest BCUT2D eigenvalue weighted by atomic mass is 9.75. The Kier molecular flexibility index (Phi) is 6.47. The highest BCUT2D eigenvalue weighted by atomic mass is 35.5. The first-order valence-corrected chi connectivity index (χ1v) is 9.05. The van der Waals surface area contributed by atoms with Crippen molar-refractivity contribution in [3.05, 3.63) is 35.4 Å². The Hall–Kier alpha value is -0.950. The molecule has 152 valence electrons. The van der Waals surface area contributed by atoms with Gasteiger partial charge in [-0.25, -0.2) is 8.78 Å². The first kappa shape index (κ1) is 22.3. The van der Waals surface area contributed by atoms with Crippen LogP contribution >= 0.6 is 24.8 Å². The fraction of sp³-hybridized carbons (Fsp3) is 0.632. The predicted molar refractivity (Wildman–Crippen MR) is 105 cm³/mol. The number of carbonyl (C=O) groups excluding carboxylic acids is 1. The van der Waals surface area contributed by atoms with E-state index in [0.717, 1.165) is 32.0 Å². The zero-order chi connectivity index (χ0) is 17.9. The summed E-state index contributed by atoms with van der Waals surface area (Å²) in [5.41, 5.74) is 5.78. The molecular formula is C19H27Cl2F2N3O. The molecule has 4 saturated heterocycles. The van der Waals surface area contributed by atoms with Gasteiger partial charge in [0.05, 0.1) is 11.6 Å². The van der Waals surface area contributed by atoms with Gasteiger partial charge >= 0.3 is 0 Å². The van der Waals surface area contributed by atoms with Gasteiger partial charge in [0.1, 0.15) is 11.6 Å². The number of hydrogen-bond acceptors (Lipinski definition) is 3. The van der Waals surface area contributed by atoms with Crippen LogP contribution in [0.1, 0.15) is 38.2 Å². The molecule has 27 heavy (non-hydrogen) atoms. The number of fused-ring (bicyclic) bond motifs is 2. The van der Waals surface area contributed by atoms with Crippen molar-refractivity contribution >= 4 is 30.7 Å². The number of nitrogens with zero attached hydrogens (tertiary/aromatic N) is 2. The summed E-state index contributed by atoms with van der Waals surface area (Å²) in [6, 6.07) is 3.94. The van der Waals surface area contributed by atoms with Crippen LogP contribution in [0.3, 0.4) is 0 Å². The fourth-order valence-electron chi connectivity index (χ4n) is 5.11. The Balaban J connectivity index is 0.00000131. The van der Waals surface area contributed by atoms with Crippen LogP contribution in [-0.4, -0.2) is 53.0 Å². The van der Waals surface area contributed by atoms with Gasteiger partial charge in [-0.3, -0.25) is 9.69 Å². The van der Waals surface area contributed by atoms with Crippen molar-refractivity contribution in [3.63, 3.8) is 0 Å². The van der Waals surface area contributed by atoms with Crippen LogP contribution in [-0.2, 0) is 4.79 Å². The van der Waals surface area contributed by atoms with Crippen LogP contribution in [0.15, 0.2) is 18.2 Å². The summed E-state index contributed by atoms with van der Waals surface area (Å²) in [5, 5.41) is 0. The van der Waals surface area contributed by atoms with Gasteiger partial charge in [-0.15, -0.1) is 24.8 Å². The highest BCUT2D eigenvalue weighted by Crippen LogP contribution is 2.47. The van der Waals surface area contributed by atoms with E-state index in [2.05, 4.69) is 4.90 Å². The number of rotatable bonds is 2. The van der Waals surface area contributed by atoms with E-state index in [9.17, 15) is 13.6 Å². The maximum absolute atomic E-state index is 13.8. The van der Waals surface area contributed by atoms with Crippen molar-refractivity contribution in [1.82, 2.24) is 9.80 Å². The summed E-state index contributed by atoms with van der Waals surface area (Å²) in [6.07, 6.45) is 2.14. The van der Waals surface area contributed by atoms with Gasteiger partial charge in [0, 0.05) is 24.6 Å². The maximum Gasteiger partial charge on any atom is 0.242 e. The Morgan fingerprint density at radius 1 is 1.07 bits per heavy atom. The standard InChI is InChI=1S/C19H25F2N3O.2ClH/c1-19(2,22)18(25)24-10-15(12-7-13(20)9-14(21)8-12)17-16(24)11-3-5-23(17)6-4-11;;/h7-9,11,15-17H,3-6,10,22H2,1-2H3;2*1H/t15-,16+,17+;;/m0../s1. The zero-order valence-electron chi connectivity index (χ0n) is 15.5. The summed E-state index contributed by atoms with van der Waals surface area (Å²) >= 11 is 0. The van der Waals surface area contributed by atoms with Crippen LogP contribution in [0.5, 0.6) is 0 Å². The molecule has 0 radical (unpaired) electrons. The van der Waals surface area contributed by atoms with E-state index in [4.69, 9.17) is 5.73 Å². The summed E-state index contributed by atoms with van der Waals surface area (Å²) in [5.74, 6) is -0.831. The number of hydrogen-bond donors (Lipinski definition) is 1. The molecule has 0 saturated carbocycles. The topological polar surface area (TPSA) is 49.6 Å². The predicted octanol–water partition coefficient (Wildman–Crippen LogP) is 2.93. The van der Waals surface area contributed by atoms with Crippen LogP contribution in [0, 0.1) is 17.6 Å². The lowest BCUT2D eigenvalue weighted by molar-refractivity contribution is -0.140. The zero-order valence-corrected chi connectivity index (χ0v) is 17.2. The minimum absolute atomic E-state index is 0. The minimum atomic E-state index is -0.946. The number of nitrogens with two attached hydrogens (primary N) is 1. The highest BCUT2D eigenvalue weighted by Gasteiger charge is 2.55. The number of piperidine rings is 3. The van der Waals surface area contributed by atoms with Gasteiger partial charge in [-0.1, -0.05) is 0 Å². The molecular weight excluding hydrogens is 395 g/mol. The van der Waals surface area contributed by atoms with Crippen LogP contribution in [0.2, 0.25) is 0 Å². The minimum Gasteiger partial charge on any atom is -0.336 e. The molecule has 0 aromatic heterocycles. The molecule has 1 amide bonds. The van der Waals surface area contributed by atoms with Crippen LogP contribution in [0.4, 0.5) is 8.78 Å². The third-order valence-electron chi connectivity index (χ3n) is 6.12. The van der Waals surface area contributed by atoms with E-state index in [1.165, 1.54) is 12.1 Å². The van der Waals surface area contributed by atoms with E-state index >= 15 is 0 Å². The Morgan fingerprint density at radius 2 is 1.63 bits per heavy atom. The Labute approximate surface area is 171 Å². The Morgan fingerprint density at radius 3 is 2.15 bits per heavy atom. The second-order valence-corrected chi connectivity index (χ2v) is 8.34. The molecule has 1 aromatic rings. The molecule has 0 unspecified atom stereocenters. The molecule has 4 nitrogen and oxygen atoms in total. The normalized spacial score (nSPS) is 31.7. The number of amides is 1. The van der Waals surface area contributed by atoms with Gasteiger partial charge in [-0.05, 0) is 63.4 Å². The van der Waals surface area contributed by atoms with Crippen molar-refractivity contribution in [2.45, 2.75) is 50.2 Å². The average molecular weight is 422 g/mol. The summed E-state index contributed by atoms with van der Waals surface area (Å²) in [7, 11) is 0. The average Bonchev–Trinajstić information content (AvgIpc) is 2.96. The van der Waals surface area contributed by atoms with Gasteiger partial charge in [0.25, 0.3) is 0 Å². The Bertz CT molecular complexity index is 684. The molecule has 4 fully saturated rings.